The average Bonchev–Trinajstić information content (AvgIpc) is 3.82. The maximum atomic E-state index is 6.57. The van der Waals surface area contributed by atoms with Gasteiger partial charge in [-0.15, -0.1) is 0 Å². The van der Waals surface area contributed by atoms with E-state index in [9.17, 15) is 0 Å². The number of nitrogens with zero attached hydrogens (tertiary/aromatic N) is 2. The van der Waals surface area contributed by atoms with Crippen LogP contribution in [0.4, 0.5) is 0 Å². The zero-order valence-electron chi connectivity index (χ0n) is 29.0. The summed E-state index contributed by atoms with van der Waals surface area (Å²) < 4.78 is 13.0. The van der Waals surface area contributed by atoms with E-state index in [1.165, 1.54) is 16.3 Å². The van der Waals surface area contributed by atoms with Crippen LogP contribution >= 0.6 is 0 Å². The highest BCUT2D eigenvalue weighted by Gasteiger charge is 2.24. The molecule has 0 aliphatic carbocycles. The number of benzene rings is 8. The van der Waals surface area contributed by atoms with Gasteiger partial charge in [0, 0.05) is 38.2 Å². The topological polar surface area (TPSA) is 63.0 Å². The van der Waals surface area contributed by atoms with Crippen LogP contribution in [0.2, 0.25) is 0 Å². The van der Waals surface area contributed by atoms with E-state index in [4.69, 9.17) is 18.8 Å². The fraction of sp³-hybridized carbons (Fsp3) is 0.0204. The Bertz CT molecular complexity index is 3120. The summed E-state index contributed by atoms with van der Waals surface area (Å²) in [6.07, 6.45) is -0.485. The molecule has 254 valence electrons. The molecule has 0 amide bonds. The molecule has 3 heterocycles. The SMILES string of the molecule is c1ccc(C2=NC(c3cccc4oc5cc(-c6ccc7c(c6)oc6ccc8ccccc8c67)ccc5c34)N=C(c3ccc(-c4ccccc4)cc3)N2)cc1. The summed E-state index contributed by atoms with van der Waals surface area (Å²) in [4.78, 5) is 10.4. The molecule has 1 unspecified atom stereocenters. The maximum absolute atomic E-state index is 6.57. The van der Waals surface area contributed by atoms with Gasteiger partial charge in [0.25, 0.3) is 0 Å². The first-order valence-electron chi connectivity index (χ1n) is 18.2. The fourth-order valence-electron chi connectivity index (χ4n) is 7.90. The Balaban J connectivity index is 1.00. The number of amidine groups is 2. The van der Waals surface area contributed by atoms with E-state index in [2.05, 4.69) is 145 Å². The molecular weight excluding hydrogens is 663 g/mol. The Morgan fingerprint density at radius 3 is 1.61 bits per heavy atom. The van der Waals surface area contributed by atoms with Crippen LogP contribution in [0, 0.1) is 0 Å². The quantitative estimate of drug-likeness (QED) is 0.195. The van der Waals surface area contributed by atoms with Crippen LogP contribution in [0.25, 0.3) is 76.9 Å². The van der Waals surface area contributed by atoms with E-state index < -0.39 is 6.17 Å². The summed E-state index contributed by atoms with van der Waals surface area (Å²) in [5, 5.41) is 10.3. The van der Waals surface area contributed by atoms with Gasteiger partial charge in [-0.05, 0) is 69.4 Å². The zero-order valence-corrected chi connectivity index (χ0v) is 29.0. The predicted molar refractivity (Wildman–Crippen MR) is 221 cm³/mol. The predicted octanol–water partition coefficient (Wildman–Crippen LogP) is 12.5. The highest BCUT2D eigenvalue weighted by molar-refractivity contribution is 6.19. The Labute approximate surface area is 310 Å². The molecule has 1 atom stereocenters. The standard InChI is InChI=1S/C49H31N3O2/c1-3-10-30(11-4-1)31-18-20-34(21-19-31)48-50-47(33-13-5-2-6-14-33)51-49(52-48)40-16-9-17-41-46(40)39-26-23-36(29-44(39)53-41)35-22-25-38-43(28-35)54-42-27-24-32-12-7-8-15-37(32)45(38)42/h1-29,49H,(H,50,51,52). The van der Waals surface area contributed by atoms with Gasteiger partial charge in [-0.25, -0.2) is 9.98 Å². The summed E-state index contributed by atoms with van der Waals surface area (Å²) in [6.45, 7) is 0. The first kappa shape index (κ1) is 30.4. The van der Waals surface area contributed by atoms with Gasteiger partial charge in [-0.1, -0.05) is 140 Å². The molecule has 0 saturated heterocycles. The third-order valence-corrected chi connectivity index (χ3v) is 10.6. The van der Waals surface area contributed by atoms with Gasteiger partial charge in [0.05, 0.1) is 0 Å². The molecule has 8 aromatic carbocycles. The summed E-state index contributed by atoms with van der Waals surface area (Å²) in [6, 6.07) is 61.0. The number of nitrogens with one attached hydrogen (secondary N) is 1. The molecule has 5 nitrogen and oxygen atoms in total. The molecule has 0 spiro atoms. The molecule has 54 heavy (non-hydrogen) atoms. The van der Waals surface area contributed by atoms with Crippen molar-refractivity contribution < 1.29 is 8.83 Å². The van der Waals surface area contributed by atoms with Crippen molar-refractivity contribution in [3.8, 4) is 22.3 Å². The number of aliphatic imine (C=N–C) groups is 2. The molecule has 10 aromatic rings. The molecule has 2 aromatic heterocycles. The number of hydrogen-bond donors (Lipinski definition) is 1. The van der Waals surface area contributed by atoms with Crippen LogP contribution in [-0.2, 0) is 0 Å². The summed E-state index contributed by atoms with van der Waals surface area (Å²) in [7, 11) is 0. The van der Waals surface area contributed by atoms with E-state index in [0.29, 0.717) is 0 Å². The highest BCUT2D eigenvalue weighted by atomic mass is 16.3. The molecule has 5 heteroatoms. The fourth-order valence-corrected chi connectivity index (χ4v) is 7.90. The summed E-state index contributed by atoms with van der Waals surface area (Å²) in [5.41, 5.74) is 10.8. The van der Waals surface area contributed by atoms with Crippen molar-refractivity contribution in [1.29, 1.82) is 0 Å². The Kier molecular flexibility index (Phi) is 6.85. The van der Waals surface area contributed by atoms with Crippen LogP contribution in [0.1, 0.15) is 22.9 Å². The lowest BCUT2D eigenvalue weighted by molar-refractivity contribution is 0.667. The van der Waals surface area contributed by atoms with E-state index in [1.807, 2.05) is 36.4 Å². The third-order valence-electron chi connectivity index (χ3n) is 10.6. The first-order chi connectivity index (χ1) is 26.7. The van der Waals surface area contributed by atoms with Crippen molar-refractivity contribution in [2.45, 2.75) is 6.17 Å². The monoisotopic (exact) mass is 693 g/mol. The molecule has 0 radical (unpaired) electrons. The second-order valence-corrected chi connectivity index (χ2v) is 13.8. The van der Waals surface area contributed by atoms with Gasteiger partial charge in [0.2, 0.25) is 0 Å². The van der Waals surface area contributed by atoms with Gasteiger partial charge in [0.1, 0.15) is 34.0 Å². The Morgan fingerprint density at radius 1 is 0.370 bits per heavy atom. The van der Waals surface area contributed by atoms with Gasteiger partial charge in [-0.3, -0.25) is 0 Å². The van der Waals surface area contributed by atoms with E-state index in [-0.39, 0.29) is 0 Å². The number of fused-ring (bicyclic) bond motifs is 8. The van der Waals surface area contributed by atoms with E-state index >= 15 is 0 Å². The van der Waals surface area contributed by atoms with Gasteiger partial charge in [-0.2, -0.15) is 0 Å². The molecule has 0 fully saturated rings. The van der Waals surface area contributed by atoms with Crippen molar-refractivity contribution in [2.75, 3.05) is 0 Å². The molecule has 0 bridgehead atoms. The lowest BCUT2D eigenvalue weighted by atomic mass is 9.99. The van der Waals surface area contributed by atoms with E-state index in [0.717, 1.165) is 88.9 Å². The maximum Gasteiger partial charge on any atom is 0.170 e. The van der Waals surface area contributed by atoms with Crippen molar-refractivity contribution >= 4 is 66.3 Å². The van der Waals surface area contributed by atoms with Crippen LogP contribution in [0.15, 0.2) is 195 Å². The molecular formula is C49H31N3O2. The minimum atomic E-state index is -0.485. The summed E-state index contributed by atoms with van der Waals surface area (Å²) in [5.74, 6) is 1.55. The van der Waals surface area contributed by atoms with Crippen molar-refractivity contribution in [2.24, 2.45) is 9.98 Å². The lowest BCUT2D eigenvalue weighted by Crippen LogP contribution is -2.36. The minimum Gasteiger partial charge on any atom is -0.456 e. The van der Waals surface area contributed by atoms with Crippen molar-refractivity contribution in [1.82, 2.24) is 5.32 Å². The average molecular weight is 694 g/mol. The molecule has 1 aliphatic heterocycles. The second-order valence-electron chi connectivity index (χ2n) is 13.8. The van der Waals surface area contributed by atoms with Crippen molar-refractivity contribution in [3.05, 3.63) is 193 Å². The van der Waals surface area contributed by atoms with Gasteiger partial charge < -0.3 is 14.2 Å². The van der Waals surface area contributed by atoms with Gasteiger partial charge >= 0.3 is 0 Å². The number of furan rings is 2. The van der Waals surface area contributed by atoms with Crippen LogP contribution in [0.3, 0.4) is 0 Å². The number of rotatable bonds is 5. The Hall–Kier alpha value is -7.24. The molecule has 11 rings (SSSR count). The highest BCUT2D eigenvalue weighted by Crippen LogP contribution is 2.40. The largest absolute Gasteiger partial charge is 0.456 e. The normalized spacial score (nSPS) is 14.5. The zero-order chi connectivity index (χ0) is 35.6. The molecule has 1 N–H and O–H groups in total. The second kappa shape index (κ2) is 12.2. The summed E-state index contributed by atoms with van der Waals surface area (Å²) >= 11 is 0. The number of hydrogen-bond acceptors (Lipinski definition) is 5. The van der Waals surface area contributed by atoms with Gasteiger partial charge in [0.15, 0.2) is 6.17 Å². The van der Waals surface area contributed by atoms with Crippen LogP contribution in [-0.4, -0.2) is 11.7 Å². The first-order valence-corrected chi connectivity index (χ1v) is 18.2. The van der Waals surface area contributed by atoms with Crippen LogP contribution in [0.5, 0.6) is 0 Å². The molecule has 1 aliphatic rings. The minimum absolute atomic E-state index is 0.485. The van der Waals surface area contributed by atoms with Crippen LogP contribution < -0.4 is 5.32 Å². The lowest BCUT2D eigenvalue weighted by Gasteiger charge is -2.23. The third kappa shape index (κ3) is 5.01. The molecule has 0 saturated carbocycles. The smallest absolute Gasteiger partial charge is 0.170 e. The Morgan fingerprint density at radius 2 is 0.907 bits per heavy atom. The van der Waals surface area contributed by atoms with Crippen molar-refractivity contribution in [3.63, 3.8) is 0 Å². The van der Waals surface area contributed by atoms with E-state index in [1.54, 1.807) is 0 Å².